The van der Waals surface area contributed by atoms with Crippen molar-refractivity contribution < 1.29 is 0 Å². The van der Waals surface area contributed by atoms with E-state index in [9.17, 15) is 0 Å². The minimum atomic E-state index is 0.504. The molecule has 0 saturated carbocycles. The Labute approximate surface area is 167 Å². The Bertz CT molecular complexity index is 780. The Morgan fingerprint density at radius 2 is 1.24 bits per heavy atom. The minimum Gasteiger partial charge on any atom is -0.310 e. The molecule has 1 nitrogen and oxygen atoms in total. The molecular weight excluding hydrogens is 438 g/mol. The average Bonchev–Trinajstić information content (AvgIpc) is 2.65. The Balaban J connectivity index is 2.18. The highest BCUT2D eigenvalue weighted by Crippen LogP contribution is 2.40. The van der Waals surface area contributed by atoms with E-state index in [-0.39, 0.29) is 0 Å². The van der Waals surface area contributed by atoms with Crippen molar-refractivity contribution in [1.29, 1.82) is 0 Å². The summed E-state index contributed by atoms with van der Waals surface area (Å²) in [6.07, 6.45) is 1.12. The molecule has 0 N–H and O–H groups in total. The van der Waals surface area contributed by atoms with E-state index >= 15 is 0 Å². The first-order valence-electron chi connectivity index (χ1n) is 8.50. The molecule has 1 unspecified atom stereocenters. The highest BCUT2D eigenvalue weighted by atomic mass is 79.9. The minimum absolute atomic E-state index is 0.504. The fourth-order valence-corrected chi connectivity index (χ4v) is 3.46. The molecule has 3 rings (SSSR count). The molecule has 0 saturated heterocycles. The van der Waals surface area contributed by atoms with Crippen molar-refractivity contribution in [3.63, 3.8) is 0 Å². The summed E-state index contributed by atoms with van der Waals surface area (Å²) in [6.45, 7) is 4.53. The molecule has 3 aromatic carbocycles. The summed E-state index contributed by atoms with van der Waals surface area (Å²) in [7, 11) is 0. The summed E-state index contributed by atoms with van der Waals surface area (Å²) < 4.78 is 2.17. The van der Waals surface area contributed by atoms with Crippen LogP contribution in [0, 0.1) is 0 Å². The number of hydrogen-bond acceptors (Lipinski definition) is 1. The molecule has 0 amide bonds. The Morgan fingerprint density at radius 1 is 0.760 bits per heavy atom. The summed E-state index contributed by atoms with van der Waals surface area (Å²) in [5.41, 5.74) is 4.92. The van der Waals surface area contributed by atoms with Gasteiger partial charge in [-0.1, -0.05) is 63.9 Å². The van der Waals surface area contributed by atoms with Crippen LogP contribution in [0.3, 0.4) is 0 Å². The third-order valence-electron chi connectivity index (χ3n) is 4.49. The van der Waals surface area contributed by atoms with Gasteiger partial charge in [0.05, 0.1) is 0 Å². The van der Waals surface area contributed by atoms with Crippen molar-refractivity contribution in [2.45, 2.75) is 26.2 Å². The first kappa shape index (κ1) is 18.2. The van der Waals surface area contributed by atoms with Gasteiger partial charge in [-0.3, -0.25) is 0 Å². The van der Waals surface area contributed by atoms with Crippen LogP contribution in [-0.4, -0.2) is 0 Å². The Hall–Kier alpha value is -1.58. The van der Waals surface area contributed by atoms with Gasteiger partial charge in [-0.15, -0.1) is 0 Å². The Morgan fingerprint density at radius 3 is 1.72 bits per heavy atom. The van der Waals surface area contributed by atoms with Crippen molar-refractivity contribution in [3.05, 3.63) is 87.3 Å². The van der Waals surface area contributed by atoms with Crippen LogP contribution < -0.4 is 4.90 Å². The molecule has 0 heterocycles. The van der Waals surface area contributed by atoms with Crippen LogP contribution in [0.1, 0.15) is 31.7 Å². The summed E-state index contributed by atoms with van der Waals surface area (Å²) >= 11 is 7.08. The topological polar surface area (TPSA) is 3.24 Å². The number of nitrogens with zero attached hydrogens (tertiary/aromatic N) is 1. The van der Waals surface area contributed by atoms with Gasteiger partial charge in [-0.25, -0.2) is 0 Å². The summed E-state index contributed by atoms with van der Waals surface area (Å²) in [5.74, 6) is 0.504. The number of halogens is 2. The molecule has 0 aliphatic rings. The van der Waals surface area contributed by atoms with Gasteiger partial charge in [0.1, 0.15) is 0 Å². The first-order chi connectivity index (χ1) is 12.1. The van der Waals surface area contributed by atoms with Crippen molar-refractivity contribution in [3.8, 4) is 0 Å². The van der Waals surface area contributed by atoms with Gasteiger partial charge in [0, 0.05) is 26.0 Å². The maximum absolute atomic E-state index is 3.54. The fourth-order valence-electron chi connectivity index (χ4n) is 2.94. The van der Waals surface area contributed by atoms with Crippen molar-refractivity contribution in [2.24, 2.45) is 0 Å². The maximum Gasteiger partial charge on any atom is 0.0496 e. The van der Waals surface area contributed by atoms with Crippen LogP contribution in [0.2, 0.25) is 0 Å². The monoisotopic (exact) mass is 457 g/mol. The zero-order chi connectivity index (χ0) is 17.8. The van der Waals surface area contributed by atoms with E-state index in [1.807, 2.05) is 0 Å². The summed E-state index contributed by atoms with van der Waals surface area (Å²) in [6, 6.07) is 25.7. The predicted molar refractivity (Wildman–Crippen MR) is 115 cm³/mol. The molecule has 0 fully saturated rings. The molecule has 0 spiro atoms. The highest BCUT2D eigenvalue weighted by Gasteiger charge is 2.18. The van der Waals surface area contributed by atoms with E-state index in [2.05, 4.69) is 123 Å². The molecule has 0 bridgehead atoms. The third kappa shape index (κ3) is 4.16. The second kappa shape index (κ2) is 8.20. The van der Waals surface area contributed by atoms with Gasteiger partial charge in [-0.2, -0.15) is 0 Å². The molecule has 3 aromatic rings. The quantitative estimate of drug-likeness (QED) is 0.372. The SMILES string of the molecule is CCC(C)c1ccccc1N(c1ccc(Br)cc1)c1ccc(Br)cc1. The smallest absolute Gasteiger partial charge is 0.0496 e. The molecule has 3 heteroatoms. The van der Waals surface area contributed by atoms with Crippen molar-refractivity contribution in [1.82, 2.24) is 0 Å². The lowest BCUT2D eigenvalue weighted by atomic mass is 9.95. The van der Waals surface area contributed by atoms with Crippen LogP contribution in [-0.2, 0) is 0 Å². The lowest BCUT2D eigenvalue weighted by molar-refractivity contribution is 0.733. The highest BCUT2D eigenvalue weighted by molar-refractivity contribution is 9.10. The molecule has 1 atom stereocenters. The molecule has 0 aliphatic heterocycles. The normalized spacial score (nSPS) is 12.0. The van der Waals surface area contributed by atoms with Gasteiger partial charge < -0.3 is 4.90 Å². The second-order valence-electron chi connectivity index (χ2n) is 6.16. The third-order valence-corrected chi connectivity index (χ3v) is 5.55. The average molecular weight is 459 g/mol. The van der Waals surface area contributed by atoms with Gasteiger partial charge >= 0.3 is 0 Å². The van der Waals surface area contributed by atoms with Crippen LogP contribution >= 0.6 is 31.9 Å². The lowest BCUT2D eigenvalue weighted by Gasteiger charge is -2.29. The summed E-state index contributed by atoms with van der Waals surface area (Å²) in [4.78, 5) is 2.33. The largest absolute Gasteiger partial charge is 0.310 e. The van der Waals surface area contributed by atoms with Gasteiger partial charge in [0.25, 0.3) is 0 Å². The fraction of sp³-hybridized carbons (Fsp3) is 0.182. The molecule has 0 radical (unpaired) electrons. The lowest BCUT2D eigenvalue weighted by Crippen LogP contribution is -2.13. The van der Waals surface area contributed by atoms with E-state index in [1.165, 1.54) is 11.3 Å². The van der Waals surface area contributed by atoms with Crippen LogP contribution in [0.25, 0.3) is 0 Å². The predicted octanol–water partition coefficient (Wildman–Crippen LogP) is 8.19. The van der Waals surface area contributed by atoms with Crippen molar-refractivity contribution >= 4 is 48.9 Å². The number of anilines is 3. The van der Waals surface area contributed by atoms with Gasteiger partial charge in [-0.05, 0) is 72.5 Å². The molecular formula is C22H21Br2N. The molecule has 0 aliphatic carbocycles. The zero-order valence-corrected chi connectivity index (χ0v) is 17.6. The van der Waals surface area contributed by atoms with E-state index in [0.29, 0.717) is 5.92 Å². The number of benzene rings is 3. The number of rotatable bonds is 5. The van der Waals surface area contributed by atoms with E-state index in [1.54, 1.807) is 0 Å². The van der Waals surface area contributed by atoms with Gasteiger partial charge in [0.2, 0.25) is 0 Å². The van der Waals surface area contributed by atoms with E-state index < -0.39 is 0 Å². The number of para-hydroxylation sites is 1. The molecule has 25 heavy (non-hydrogen) atoms. The van der Waals surface area contributed by atoms with Crippen LogP contribution in [0.5, 0.6) is 0 Å². The first-order valence-corrected chi connectivity index (χ1v) is 10.1. The van der Waals surface area contributed by atoms with Gasteiger partial charge in [0.15, 0.2) is 0 Å². The summed E-state index contributed by atoms with van der Waals surface area (Å²) in [5, 5.41) is 0. The number of hydrogen-bond donors (Lipinski definition) is 0. The van der Waals surface area contributed by atoms with Crippen LogP contribution in [0.15, 0.2) is 81.7 Å². The Kier molecular flexibility index (Phi) is 5.98. The second-order valence-corrected chi connectivity index (χ2v) is 7.99. The van der Waals surface area contributed by atoms with Crippen LogP contribution in [0.4, 0.5) is 17.1 Å². The zero-order valence-electron chi connectivity index (χ0n) is 14.4. The maximum atomic E-state index is 3.54. The van der Waals surface area contributed by atoms with E-state index in [0.717, 1.165) is 26.7 Å². The van der Waals surface area contributed by atoms with Crippen molar-refractivity contribution in [2.75, 3.05) is 4.90 Å². The molecule has 0 aromatic heterocycles. The van der Waals surface area contributed by atoms with E-state index in [4.69, 9.17) is 0 Å². The molecule has 128 valence electrons. The standard InChI is InChI=1S/C22H21Br2N/c1-3-16(2)21-6-4-5-7-22(21)25(19-12-8-17(23)9-13-19)20-14-10-18(24)11-15-20/h4-16H,3H2,1-2H3.